The molecular weight excluding hydrogens is 226 g/mol. The summed E-state index contributed by atoms with van der Waals surface area (Å²) in [5.74, 6) is 1.38. The van der Waals surface area contributed by atoms with E-state index >= 15 is 0 Å². The van der Waals surface area contributed by atoms with Crippen LogP contribution in [0, 0.1) is 11.3 Å². The number of hydrogen-bond donors (Lipinski definition) is 0. The van der Waals surface area contributed by atoms with Gasteiger partial charge in [0.2, 0.25) is 0 Å². The largest absolute Gasteiger partial charge is 0.493 e. The highest BCUT2D eigenvalue weighted by Crippen LogP contribution is 2.43. The van der Waals surface area contributed by atoms with Crippen LogP contribution in [0.4, 0.5) is 0 Å². The zero-order valence-electron chi connectivity index (χ0n) is 9.21. The molecule has 0 bridgehead atoms. The van der Waals surface area contributed by atoms with Gasteiger partial charge in [0.05, 0.1) is 24.6 Å². The van der Waals surface area contributed by atoms with Crippen molar-refractivity contribution >= 4 is 11.6 Å². The van der Waals surface area contributed by atoms with Gasteiger partial charge in [0.25, 0.3) is 0 Å². The lowest BCUT2D eigenvalue weighted by Gasteiger charge is -2.11. The van der Waals surface area contributed by atoms with Gasteiger partial charge in [-0.3, -0.25) is 0 Å². The van der Waals surface area contributed by atoms with Crippen LogP contribution in [0.3, 0.4) is 0 Å². The number of nitrogens with zero attached hydrogens (tertiary/aromatic N) is 1. The Morgan fingerprint density at radius 3 is 3.06 bits per heavy atom. The fraction of sp³-hybridized carbons (Fsp3) is 0.417. The van der Waals surface area contributed by atoms with Crippen LogP contribution >= 0.6 is 11.6 Å². The van der Waals surface area contributed by atoms with E-state index in [2.05, 4.69) is 6.07 Å². The monoisotopic (exact) mass is 237 g/mol. The van der Waals surface area contributed by atoms with E-state index in [0.717, 1.165) is 23.3 Å². The average Bonchev–Trinajstić information content (AvgIpc) is 2.65. The smallest absolute Gasteiger partial charge is 0.166 e. The first kappa shape index (κ1) is 11.1. The van der Waals surface area contributed by atoms with Crippen LogP contribution in [0.1, 0.15) is 18.1 Å². The van der Waals surface area contributed by atoms with Crippen molar-refractivity contribution < 1.29 is 9.47 Å². The Bertz CT molecular complexity index is 465. The van der Waals surface area contributed by atoms with Crippen LogP contribution in [0.25, 0.3) is 0 Å². The molecule has 84 valence electrons. The van der Waals surface area contributed by atoms with Crippen molar-refractivity contribution in [3.63, 3.8) is 0 Å². The molecule has 4 heteroatoms. The maximum absolute atomic E-state index is 8.73. The molecule has 1 heterocycles. The van der Waals surface area contributed by atoms with Crippen LogP contribution < -0.4 is 9.47 Å². The van der Waals surface area contributed by atoms with E-state index in [1.165, 1.54) is 0 Å². The lowest BCUT2D eigenvalue weighted by molar-refractivity contribution is 0.243. The van der Waals surface area contributed by atoms with Crippen molar-refractivity contribution in [2.24, 2.45) is 0 Å². The van der Waals surface area contributed by atoms with E-state index in [4.69, 9.17) is 26.3 Å². The van der Waals surface area contributed by atoms with Gasteiger partial charge in [-0.2, -0.15) is 5.26 Å². The summed E-state index contributed by atoms with van der Waals surface area (Å²) in [6, 6.07) is 3.88. The second-order valence-electron chi connectivity index (χ2n) is 3.83. The second-order valence-corrected chi connectivity index (χ2v) is 4.21. The van der Waals surface area contributed by atoms with Crippen molar-refractivity contribution in [3.05, 3.63) is 22.2 Å². The highest BCUT2D eigenvalue weighted by molar-refractivity contribution is 6.32. The Morgan fingerprint density at radius 1 is 1.69 bits per heavy atom. The Morgan fingerprint density at radius 2 is 2.44 bits per heavy atom. The predicted octanol–water partition coefficient (Wildman–Crippen LogP) is 2.74. The van der Waals surface area contributed by atoms with Crippen LogP contribution in [0.15, 0.2) is 6.07 Å². The van der Waals surface area contributed by atoms with Crippen LogP contribution in [-0.4, -0.2) is 13.2 Å². The first-order valence-corrected chi connectivity index (χ1v) is 5.47. The number of ether oxygens (including phenoxy) is 2. The van der Waals surface area contributed by atoms with E-state index in [1.807, 2.05) is 6.92 Å². The Balaban J connectivity index is 2.56. The molecule has 1 aliphatic heterocycles. The number of methoxy groups -OCH3 is 1. The van der Waals surface area contributed by atoms with Crippen molar-refractivity contribution in [1.82, 2.24) is 0 Å². The van der Waals surface area contributed by atoms with E-state index < -0.39 is 0 Å². The molecule has 16 heavy (non-hydrogen) atoms. The molecular formula is C12H12ClNO2. The Kier molecular flexibility index (Phi) is 2.93. The summed E-state index contributed by atoms with van der Waals surface area (Å²) >= 11 is 6.24. The fourth-order valence-corrected chi connectivity index (χ4v) is 2.22. The predicted molar refractivity (Wildman–Crippen MR) is 61.1 cm³/mol. The number of rotatable bonds is 2. The summed E-state index contributed by atoms with van der Waals surface area (Å²) in [5, 5.41) is 9.37. The molecule has 1 aliphatic rings. The highest BCUT2D eigenvalue weighted by atomic mass is 35.5. The average molecular weight is 238 g/mol. The van der Waals surface area contributed by atoms with Crippen molar-refractivity contribution in [2.75, 3.05) is 7.11 Å². The molecule has 1 aromatic carbocycles. The molecule has 0 aliphatic carbocycles. The molecule has 0 spiro atoms. The molecule has 0 saturated carbocycles. The number of hydrogen-bond acceptors (Lipinski definition) is 3. The molecule has 1 aromatic rings. The molecule has 0 radical (unpaired) electrons. The van der Waals surface area contributed by atoms with Gasteiger partial charge >= 0.3 is 0 Å². The molecule has 0 fully saturated rings. The zero-order chi connectivity index (χ0) is 11.7. The Labute approximate surface area is 99.5 Å². The number of halogens is 1. The minimum atomic E-state index is 0.110. The minimum absolute atomic E-state index is 0.110. The summed E-state index contributed by atoms with van der Waals surface area (Å²) in [6.07, 6.45) is 1.17. The standard InChI is InChI=1S/C12H12ClNO2/c1-7-5-9-11(13)8(3-4-14)6-10(15-2)12(9)16-7/h6-7H,3,5H2,1-2H3. The van der Waals surface area contributed by atoms with Gasteiger partial charge < -0.3 is 9.47 Å². The maximum atomic E-state index is 8.73. The molecule has 0 saturated heterocycles. The lowest BCUT2D eigenvalue weighted by Crippen LogP contribution is -2.05. The Hall–Kier alpha value is -1.40. The quantitative estimate of drug-likeness (QED) is 0.794. The van der Waals surface area contributed by atoms with Gasteiger partial charge in [-0.25, -0.2) is 0 Å². The third kappa shape index (κ3) is 1.70. The van der Waals surface area contributed by atoms with Gasteiger partial charge in [0.1, 0.15) is 6.10 Å². The molecule has 1 unspecified atom stereocenters. The van der Waals surface area contributed by atoms with Crippen LogP contribution in [-0.2, 0) is 12.8 Å². The summed E-state index contributed by atoms with van der Waals surface area (Å²) in [5.41, 5.74) is 1.76. The van der Waals surface area contributed by atoms with E-state index in [9.17, 15) is 0 Å². The summed E-state index contributed by atoms with van der Waals surface area (Å²) in [6.45, 7) is 1.99. The first-order chi connectivity index (χ1) is 7.67. The first-order valence-electron chi connectivity index (χ1n) is 5.09. The van der Waals surface area contributed by atoms with Gasteiger partial charge in [-0.15, -0.1) is 0 Å². The molecule has 0 amide bonds. The SMILES string of the molecule is COc1cc(CC#N)c(Cl)c2c1OC(C)C2. The molecule has 3 nitrogen and oxygen atoms in total. The minimum Gasteiger partial charge on any atom is -0.493 e. The highest BCUT2D eigenvalue weighted by Gasteiger charge is 2.27. The second kappa shape index (κ2) is 4.23. The van der Waals surface area contributed by atoms with Gasteiger partial charge in [0.15, 0.2) is 11.5 Å². The van der Waals surface area contributed by atoms with E-state index in [1.54, 1.807) is 13.2 Å². The molecule has 1 atom stereocenters. The molecule has 0 N–H and O–H groups in total. The number of fused-ring (bicyclic) bond motifs is 1. The topological polar surface area (TPSA) is 42.2 Å². The summed E-state index contributed by atoms with van der Waals surface area (Å²) < 4.78 is 10.9. The summed E-state index contributed by atoms with van der Waals surface area (Å²) in [7, 11) is 1.59. The van der Waals surface area contributed by atoms with Gasteiger partial charge in [-0.05, 0) is 18.6 Å². The van der Waals surface area contributed by atoms with Gasteiger partial charge in [0, 0.05) is 12.0 Å². The molecule has 0 aromatic heterocycles. The third-order valence-electron chi connectivity index (χ3n) is 2.65. The van der Waals surface area contributed by atoms with E-state index in [-0.39, 0.29) is 12.5 Å². The van der Waals surface area contributed by atoms with Crippen molar-refractivity contribution in [1.29, 1.82) is 5.26 Å². The van der Waals surface area contributed by atoms with Crippen molar-refractivity contribution in [2.45, 2.75) is 25.9 Å². The van der Waals surface area contributed by atoms with E-state index in [0.29, 0.717) is 10.8 Å². The fourth-order valence-electron chi connectivity index (χ4n) is 1.94. The summed E-state index contributed by atoms with van der Waals surface area (Å²) in [4.78, 5) is 0. The maximum Gasteiger partial charge on any atom is 0.166 e. The lowest BCUT2D eigenvalue weighted by atomic mass is 10.0. The van der Waals surface area contributed by atoms with Crippen LogP contribution in [0.2, 0.25) is 5.02 Å². The number of nitriles is 1. The van der Waals surface area contributed by atoms with Crippen LogP contribution in [0.5, 0.6) is 11.5 Å². The third-order valence-corrected chi connectivity index (χ3v) is 3.12. The molecule has 2 rings (SSSR count). The number of benzene rings is 1. The van der Waals surface area contributed by atoms with Crippen molar-refractivity contribution in [3.8, 4) is 17.6 Å². The normalized spacial score (nSPS) is 17.5. The van der Waals surface area contributed by atoms with Gasteiger partial charge in [-0.1, -0.05) is 11.6 Å². The zero-order valence-corrected chi connectivity index (χ0v) is 9.97.